The molecule has 0 spiro atoms. The van der Waals surface area contributed by atoms with E-state index in [1.807, 2.05) is 48.5 Å². The highest BCUT2D eigenvalue weighted by atomic mass is 79.9. The number of hydrogen-bond donors (Lipinski definition) is 1. The monoisotopic (exact) mass is 463 g/mol. The summed E-state index contributed by atoms with van der Waals surface area (Å²) in [6.07, 6.45) is 6.53. The second-order valence-corrected chi connectivity index (χ2v) is 7.64. The molecule has 0 aromatic heterocycles. The number of halogens is 3. The maximum atomic E-state index is 14.7. The highest BCUT2D eigenvalue weighted by Crippen LogP contribution is 2.56. The van der Waals surface area contributed by atoms with Gasteiger partial charge in [0.25, 0.3) is 0 Å². The lowest BCUT2D eigenvalue weighted by molar-refractivity contribution is -0.111. The predicted molar refractivity (Wildman–Crippen MR) is 106 cm³/mol. The molecular weight excluding hydrogens is 449 g/mol. The van der Waals surface area contributed by atoms with Crippen LogP contribution in [0.1, 0.15) is 17.9 Å². The molecule has 1 aliphatic carbocycles. The molecule has 0 heterocycles. The number of para-hydroxylation sites is 1. The molecule has 2 aromatic rings. The molecular formula is C20H16Br2FNO. The number of carbonyl (C=O) groups excluding carboxylic acids is 1. The van der Waals surface area contributed by atoms with Gasteiger partial charge in [-0.1, -0.05) is 36.4 Å². The van der Waals surface area contributed by atoms with Crippen molar-refractivity contribution in [1.29, 1.82) is 0 Å². The van der Waals surface area contributed by atoms with Crippen molar-refractivity contribution in [3.8, 4) is 0 Å². The van der Waals surface area contributed by atoms with Crippen LogP contribution >= 0.6 is 31.9 Å². The molecule has 2 nitrogen and oxygen atoms in total. The summed E-state index contributed by atoms with van der Waals surface area (Å²) in [5, 5.41) is 2.74. The van der Waals surface area contributed by atoms with Crippen LogP contribution in [-0.4, -0.2) is 11.6 Å². The van der Waals surface area contributed by atoms with Gasteiger partial charge in [0.05, 0.1) is 0 Å². The van der Waals surface area contributed by atoms with E-state index in [2.05, 4.69) is 37.2 Å². The van der Waals surface area contributed by atoms with Crippen molar-refractivity contribution < 1.29 is 9.18 Å². The Morgan fingerprint density at radius 1 is 1.12 bits per heavy atom. The molecule has 3 rings (SSSR count). The van der Waals surface area contributed by atoms with Gasteiger partial charge in [-0.2, -0.15) is 0 Å². The zero-order valence-electron chi connectivity index (χ0n) is 13.3. The van der Waals surface area contributed by atoms with E-state index in [4.69, 9.17) is 0 Å². The Balaban J connectivity index is 1.55. The third kappa shape index (κ3) is 4.67. The molecule has 1 aliphatic rings. The molecule has 2 aromatic carbocycles. The maximum Gasteiger partial charge on any atom is 0.248 e. The summed E-state index contributed by atoms with van der Waals surface area (Å²) in [5.41, 5.74) is 0.354. The van der Waals surface area contributed by atoms with Gasteiger partial charge in [0.15, 0.2) is 0 Å². The van der Waals surface area contributed by atoms with E-state index in [1.54, 1.807) is 12.2 Å². The van der Waals surface area contributed by atoms with Crippen LogP contribution in [0.4, 0.5) is 10.1 Å². The van der Waals surface area contributed by atoms with Crippen LogP contribution in [-0.2, 0) is 4.79 Å². The number of alkyl halides is 1. The minimum Gasteiger partial charge on any atom is -0.323 e. The Kier molecular flexibility index (Phi) is 5.54. The van der Waals surface area contributed by atoms with Gasteiger partial charge < -0.3 is 5.32 Å². The van der Waals surface area contributed by atoms with Gasteiger partial charge in [-0.3, -0.25) is 4.79 Å². The Labute approximate surface area is 163 Å². The molecule has 1 amide bonds. The molecule has 128 valence electrons. The quantitative estimate of drug-likeness (QED) is 0.416. The van der Waals surface area contributed by atoms with E-state index in [9.17, 15) is 9.18 Å². The van der Waals surface area contributed by atoms with Crippen molar-refractivity contribution in [3.63, 3.8) is 0 Å². The zero-order chi connectivity index (χ0) is 17.9. The van der Waals surface area contributed by atoms with Crippen LogP contribution in [0, 0.1) is 0 Å². The minimum absolute atomic E-state index is 0.139. The standard InChI is InChI=1S/C20H16Br2FNO/c21-17-10-9-14(12-18(17)22)16-13-20(16,23)11-5-4-8-19(25)24-15-6-2-1-3-7-15/h1-12,16H,13H2,(H,24,25)/b8-4+,11-5+. The van der Waals surface area contributed by atoms with E-state index >= 15 is 0 Å². The molecule has 2 atom stereocenters. The number of benzene rings is 2. The van der Waals surface area contributed by atoms with Crippen LogP contribution < -0.4 is 5.32 Å². The number of nitrogens with one attached hydrogen (secondary N) is 1. The summed E-state index contributed by atoms with van der Waals surface area (Å²) in [7, 11) is 0. The van der Waals surface area contributed by atoms with Crippen molar-refractivity contribution in [1.82, 2.24) is 0 Å². The normalized spacial score (nSPS) is 22.4. The van der Waals surface area contributed by atoms with Gasteiger partial charge in [-0.25, -0.2) is 4.39 Å². The number of carbonyl (C=O) groups is 1. The third-order valence-electron chi connectivity index (χ3n) is 4.06. The first-order chi connectivity index (χ1) is 12.0. The number of allylic oxidation sites excluding steroid dienone is 3. The smallest absolute Gasteiger partial charge is 0.248 e. The molecule has 0 aliphatic heterocycles. The fraction of sp³-hybridized carbons (Fsp3) is 0.150. The van der Waals surface area contributed by atoms with Crippen LogP contribution in [0.15, 0.2) is 81.8 Å². The summed E-state index contributed by atoms with van der Waals surface area (Å²) >= 11 is 6.86. The largest absolute Gasteiger partial charge is 0.323 e. The fourth-order valence-corrected chi connectivity index (χ4v) is 3.27. The van der Waals surface area contributed by atoms with Gasteiger partial charge in [-0.15, -0.1) is 0 Å². The summed E-state index contributed by atoms with van der Waals surface area (Å²) < 4.78 is 16.6. The lowest BCUT2D eigenvalue weighted by atomic mass is 10.1. The van der Waals surface area contributed by atoms with Crippen LogP contribution in [0.2, 0.25) is 0 Å². The van der Waals surface area contributed by atoms with Crippen molar-refractivity contribution in [2.24, 2.45) is 0 Å². The molecule has 25 heavy (non-hydrogen) atoms. The second-order valence-electron chi connectivity index (χ2n) is 5.93. The maximum absolute atomic E-state index is 14.7. The molecule has 1 N–H and O–H groups in total. The molecule has 2 unspecified atom stereocenters. The summed E-state index contributed by atoms with van der Waals surface area (Å²) in [6, 6.07) is 15.0. The Morgan fingerprint density at radius 2 is 1.88 bits per heavy atom. The molecule has 1 fully saturated rings. The SMILES string of the molecule is O=C(/C=C/C=C/C1(F)CC1c1ccc(Br)c(Br)c1)Nc1ccccc1. The summed E-state index contributed by atoms with van der Waals surface area (Å²) in [4.78, 5) is 11.8. The van der Waals surface area contributed by atoms with Crippen LogP contribution in [0.25, 0.3) is 0 Å². The number of amides is 1. The highest BCUT2D eigenvalue weighted by molar-refractivity contribution is 9.13. The second kappa shape index (κ2) is 7.67. The highest BCUT2D eigenvalue weighted by Gasteiger charge is 2.54. The van der Waals surface area contributed by atoms with Crippen LogP contribution in [0.5, 0.6) is 0 Å². The Bertz CT molecular complexity index is 835. The molecule has 0 bridgehead atoms. The lowest BCUT2D eigenvalue weighted by Gasteiger charge is -2.04. The molecule has 1 saturated carbocycles. The zero-order valence-corrected chi connectivity index (χ0v) is 16.4. The van der Waals surface area contributed by atoms with E-state index in [1.165, 1.54) is 12.2 Å². The van der Waals surface area contributed by atoms with Gasteiger partial charge >= 0.3 is 0 Å². The number of rotatable bonds is 5. The Hall–Kier alpha value is -1.72. The molecule has 5 heteroatoms. The minimum atomic E-state index is -1.34. The topological polar surface area (TPSA) is 29.1 Å². The summed E-state index contributed by atoms with van der Waals surface area (Å²) in [5.74, 6) is -0.382. The summed E-state index contributed by atoms with van der Waals surface area (Å²) in [6.45, 7) is 0. The average molecular weight is 465 g/mol. The van der Waals surface area contributed by atoms with Crippen LogP contribution in [0.3, 0.4) is 0 Å². The number of anilines is 1. The first kappa shape index (κ1) is 18.1. The third-order valence-corrected chi connectivity index (χ3v) is 5.94. The lowest BCUT2D eigenvalue weighted by Crippen LogP contribution is -2.07. The van der Waals surface area contributed by atoms with Crippen molar-refractivity contribution in [2.45, 2.75) is 18.0 Å². The average Bonchev–Trinajstić information content (AvgIpc) is 3.27. The predicted octanol–water partition coefficient (Wildman–Crippen LogP) is 6.16. The number of hydrogen-bond acceptors (Lipinski definition) is 1. The van der Waals surface area contributed by atoms with E-state index in [0.717, 1.165) is 20.2 Å². The van der Waals surface area contributed by atoms with E-state index < -0.39 is 5.67 Å². The molecule has 0 saturated heterocycles. The van der Waals surface area contributed by atoms with Gasteiger partial charge in [0.1, 0.15) is 5.67 Å². The first-order valence-corrected chi connectivity index (χ1v) is 9.42. The van der Waals surface area contributed by atoms with Gasteiger partial charge in [0, 0.05) is 26.6 Å². The Morgan fingerprint density at radius 3 is 2.60 bits per heavy atom. The molecule has 0 radical (unpaired) electrons. The fourth-order valence-electron chi connectivity index (χ4n) is 2.63. The first-order valence-electron chi connectivity index (χ1n) is 7.84. The van der Waals surface area contributed by atoms with Crippen molar-refractivity contribution in [2.75, 3.05) is 5.32 Å². The van der Waals surface area contributed by atoms with Crippen molar-refractivity contribution in [3.05, 3.63) is 87.3 Å². The van der Waals surface area contributed by atoms with E-state index in [-0.39, 0.29) is 11.8 Å². The van der Waals surface area contributed by atoms with Crippen molar-refractivity contribution >= 4 is 43.5 Å². The van der Waals surface area contributed by atoms with E-state index in [0.29, 0.717) is 6.42 Å². The van der Waals surface area contributed by atoms with Gasteiger partial charge in [-0.05, 0) is 74.2 Å². The van der Waals surface area contributed by atoms with Gasteiger partial charge in [0.2, 0.25) is 5.91 Å².